The molecule has 62 valence electrons. The van der Waals surface area contributed by atoms with Crippen molar-refractivity contribution in [2.75, 3.05) is 6.54 Å². The minimum atomic E-state index is 0. The molecule has 2 N–H and O–H groups in total. The summed E-state index contributed by atoms with van der Waals surface area (Å²) in [5.41, 5.74) is 6.83. The lowest BCUT2D eigenvalue weighted by molar-refractivity contribution is 0.774. The first kappa shape index (κ1) is 10.5. The monoisotopic (exact) mass is 171 g/mol. The van der Waals surface area contributed by atoms with Crippen molar-refractivity contribution in [1.82, 2.24) is 0 Å². The maximum absolute atomic E-state index is 5.50. The summed E-state index contributed by atoms with van der Waals surface area (Å²) in [6.45, 7) is 2.86. The van der Waals surface area contributed by atoms with E-state index in [1.54, 1.807) is 0 Å². The van der Waals surface area contributed by atoms with Crippen LogP contribution in [0.5, 0.6) is 0 Å². The van der Waals surface area contributed by atoms with Gasteiger partial charge in [-0.1, -0.05) is 37.3 Å². The van der Waals surface area contributed by atoms with Gasteiger partial charge in [0.2, 0.25) is 0 Å². The van der Waals surface area contributed by atoms with Crippen LogP contribution in [0.4, 0.5) is 0 Å². The van der Waals surface area contributed by atoms with Crippen LogP contribution in [0.1, 0.15) is 18.4 Å². The highest BCUT2D eigenvalue weighted by atomic mass is 35.5. The first-order chi connectivity index (χ1) is 4.84. The molecule has 0 heterocycles. The molecule has 1 aromatic carbocycles. The molecule has 0 bridgehead atoms. The van der Waals surface area contributed by atoms with Crippen LogP contribution in [0.15, 0.2) is 30.3 Å². The van der Waals surface area contributed by atoms with Gasteiger partial charge < -0.3 is 5.73 Å². The molecule has 1 rings (SSSR count). The zero-order chi connectivity index (χ0) is 7.40. The van der Waals surface area contributed by atoms with Gasteiger partial charge in [0.15, 0.2) is 0 Å². The van der Waals surface area contributed by atoms with Crippen LogP contribution in [0.25, 0.3) is 0 Å². The lowest BCUT2D eigenvalue weighted by Gasteiger charge is -2.06. The van der Waals surface area contributed by atoms with E-state index in [9.17, 15) is 0 Å². The molecule has 0 saturated heterocycles. The van der Waals surface area contributed by atoms with Gasteiger partial charge in [-0.15, -0.1) is 12.4 Å². The quantitative estimate of drug-likeness (QED) is 0.726. The third-order valence-corrected chi connectivity index (χ3v) is 1.72. The summed E-state index contributed by atoms with van der Waals surface area (Å²) < 4.78 is 0. The Morgan fingerprint density at radius 2 is 1.82 bits per heavy atom. The summed E-state index contributed by atoms with van der Waals surface area (Å²) in [6.07, 6.45) is 0. The zero-order valence-electron chi connectivity index (χ0n) is 6.66. The highest BCUT2D eigenvalue weighted by Crippen LogP contribution is 2.11. The van der Waals surface area contributed by atoms with Crippen molar-refractivity contribution >= 4 is 12.4 Å². The molecule has 1 atom stereocenters. The van der Waals surface area contributed by atoms with Gasteiger partial charge in [0, 0.05) is 0 Å². The van der Waals surface area contributed by atoms with Crippen LogP contribution in [-0.4, -0.2) is 6.54 Å². The van der Waals surface area contributed by atoms with Crippen LogP contribution in [-0.2, 0) is 0 Å². The predicted molar refractivity (Wildman–Crippen MR) is 51.2 cm³/mol. The molecule has 2 heteroatoms. The van der Waals surface area contributed by atoms with E-state index in [1.807, 2.05) is 18.2 Å². The molecule has 0 amide bonds. The van der Waals surface area contributed by atoms with E-state index in [0.29, 0.717) is 5.92 Å². The number of benzene rings is 1. The maximum Gasteiger partial charge on any atom is -0.00109 e. The predicted octanol–water partition coefficient (Wildman–Crippen LogP) is 2.17. The Kier molecular flexibility index (Phi) is 4.92. The summed E-state index contributed by atoms with van der Waals surface area (Å²) in [4.78, 5) is 0. The molecule has 0 spiro atoms. The van der Waals surface area contributed by atoms with Crippen LogP contribution in [0.3, 0.4) is 0 Å². The molecule has 0 fully saturated rings. The van der Waals surface area contributed by atoms with Crippen molar-refractivity contribution < 1.29 is 0 Å². The standard InChI is InChI=1S/C9H13N.ClH/c1-8(7-10)9-5-3-2-4-6-9;/h2-6,8H,7,10H2,1H3;1H/t8-;/m1./s1. The third-order valence-electron chi connectivity index (χ3n) is 1.72. The Morgan fingerprint density at radius 1 is 1.27 bits per heavy atom. The summed E-state index contributed by atoms with van der Waals surface area (Å²) >= 11 is 0. The van der Waals surface area contributed by atoms with Gasteiger partial charge in [-0.2, -0.15) is 0 Å². The number of hydrogen-bond acceptors (Lipinski definition) is 1. The number of hydrogen-bond donors (Lipinski definition) is 1. The van der Waals surface area contributed by atoms with Crippen molar-refractivity contribution in [2.45, 2.75) is 12.8 Å². The average molecular weight is 172 g/mol. The van der Waals surface area contributed by atoms with E-state index in [4.69, 9.17) is 5.73 Å². The van der Waals surface area contributed by atoms with Crippen LogP contribution >= 0.6 is 12.4 Å². The maximum atomic E-state index is 5.50. The normalized spacial score (nSPS) is 11.8. The molecule has 0 aliphatic rings. The second-order valence-corrected chi connectivity index (χ2v) is 2.55. The molecular formula is C9H14ClN. The second-order valence-electron chi connectivity index (χ2n) is 2.55. The zero-order valence-corrected chi connectivity index (χ0v) is 7.47. The van der Waals surface area contributed by atoms with Gasteiger partial charge in [-0.05, 0) is 18.0 Å². The van der Waals surface area contributed by atoms with Crippen molar-refractivity contribution in [3.05, 3.63) is 35.9 Å². The second kappa shape index (κ2) is 5.16. The largest absolute Gasteiger partial charge is 0.330 e. The Labute approximate surface area is 74.0 Å². The fourth-order valence-electron chi connectivity index (χ4n) is 0.918. The lowest BCUT2D eigenvalue weighted by atomic mass is 10.0. The summed E-state index contributed by atoms with van der Waals surface area (Å²) in [6, 6.07) is 10.3. The Bertz CT molecular complexity index is 186. The number of rotatable bonds is 2. The van der Waals surface area contributed by atoms with Crippen LogP contribution in [0, 0.1) is 0 Å². The molecule has 0 unspecified atom stereocenters. The highest BCUT2D eigenvalue weighted by molar-refractivity contribution is 5.85. The molecule has 1 aromatic rings. The molecule has 0 aromatic heterocycles. The molecular weight excluding hydrogens is 158 g/mol. The first-order valence-corrected chi connectivity index (χ1v) is 3.59. The molecule has 0 saturated carbocycles. The molecule has 0 aliphatic heterocycles. The molecule has 0 aliphatic carbocycles. The third kappa shape index (κ3) is 2.91. The van der Waals surface area contributed by atoms with E-state index in [-0.39, 0.29) is 12.4 Å². The Balaban J connectivity index is 0.000001000. The average Bonchev–Trinajstić information content (AvgIpc) is 2.05. The van der Waals surface area contributed by atoms with Gasteiger partial charge in [-0.3, -0.25) is 0 Å². The lowest BCUT2D eigenvalue weighted by Crippen LogP contribution is -2.08. The fourth-order valence-corrected chi connectivity index (χ4v) is 0.918. The minimum absolute atomic E-state index is 0. The Hall–Kier alpha value is -0.530. The molecule has 0 radical (unpaired) electrons. The summed E-state index contributed by atoms with van der Waals surface area (Å²) in [5, 5.41) is 0. The van der Waals surface area contributed by atoms with Crippen molar-refractivity contribution in [1.29, 1.82) is 0 Å². The number of halogens is 1. The molecule has 1 nitrogen and oxygen atoms in total. The fraction of sp³-hybridized carbons (Fsp3) is 0.333. The SMILES string of the molecule is C[C@H](CN)c1ccccc1.Cl. The van der Waals surface area contributed by atoms with E-state index in [1.165, 1.54) is 5.56 Å². The number of nitrogens with two attached hydrogens (primary N) is 1. The smallest absolute Gasteiger partial charge is 0.00109 e. The van der Waals surface area contributed by atoms with Crippen LogP contribution < -0.4 is 5.73 Å². The summed E-state index contributed by atoms with van der Waals surface area (Å²) in [7, 11) is 0. The van der Waals surface area contributed by atoms with Crippen molar-refractivity contribution in [3.63, 3.8) is 0 Å². The Morgan fingerprint density at radius 3 is 2.27 bits per heavy atom. The highest BCUT2D eigenvalue weighted by Gasteiger charge is 1.99. The van der Waals surface area contributed by atoms with E-state index >= 15 is 0 Å². The minimum Gasteiger partial charge on any atom is -0.330 e. The molecule has 11 heavy (non-hydrogen) atoms. The van der Waals surface area contributed by atoms with Crippen molar-refractivity contribution in [2.24, 2.45) is 5.73 Å². The summed E-state index contributed by atoms with van der Waals surface area (Å²) in [5.74, 6) is 0.487. The van der Waals surface area contributed by atoms with E-state index in [0.717, 1.165) is 6.54 Å². The van der Waals surface area contributed by atoms with E-state index < -0.39 is 0 Å². The van der Waals surface area contributed by atoms with Crippen molar-refractivity contribution in [3.8, 4) is 0 Å². The van der Waals surface area contributed by atoms with Gasteiger partial charge in [-0.25, -0.2) is 0 Å². The van der Waals surface area contributed by atoms with E-state index in [2.05, 4.69) is 19.1 Å². The van der Waals surface area contributed by atoms with Gasteiger partial charge in [0.05, 0.1) is 0 Å². The van der Waals surface area contributed by atoms with Crippen LogP contribution in [0.2, 0.25) is 0 Å². The van der Waals surface area contributed by atoms with Gasteiger partial charge >= 0.3 is 0 Å². The topological polar surface area (TPSA) is 26.0 Å². The first-order valence-electron chi connectivity index (χ1n) is 3.59. The van der Waals surface area contributed by atoms with Gasteiger partial charge in [0.1, 0.15) is 0 Å². The van der Waals surface area contributed by atoms with Gasteiger partial charge in [0.25, 0.3) is 0 Å².